The second-order valence-electron chi connectivity index (χ2n) is 9.26. The number of hydrogen-bond acceptors (Lipinski definition) is 4. The molecule has 1 saturated carbocycles. The van der Waals surface area contributed by atoms with Crippen molar-refractivity contribution in [1.82, 2.24) is 20.1 Å². The van der Waals surface area contributed by atoms with Gasteiger partial charge in [0.25, 0.3) is 0 Å². The summed E-state index contributed by atoms with van der Waals surface area (Å²) in [4.78, 5) is 12.5. The van der Waals surface area contributed by atoms with Gasteiger partial charge >= 0.3 is 0 Å². The van der Waals surface area contributed by atoms with E-state index in [0.717, 1.165) is 23.0 Å². The van der Waals surface area contributed by atoms with E-state index in [0.29, 0.717) is 24.3 Å². The number of thioether (sulfide) groups is 1. The third-order valence-corrected chi connectivity index (χ3v) is 6.79. The van der Waals surface area contributed by atoms with E-state index in [4.69, 9.17) is 0 Å². The number of nitrogens with one attached hydrogen (secondary N) is 1. The average molecular weight is 427 g/mol. The van der Waals surface area contributed by atoms with Gasteiger partial charge in [-0.05, 0) is 29.7 Å². The summed E-state index contributed by atoms with van der Waals surface area (Å²) >= 11 is 1.44. The summed E-state index contributed by atoms with van der Waals surface area (Å²) < 4.78 is 2.03. The van der Waals surface area contributed by atoms with E-state index in [2.05, 4.69) is 74.1 Å². The third-order valence-electron chi connectivity index (χ3n) is 5.83. The lowest BCUT2D eigenvalue weighted by atomic mass is 9.86. The molecule has 0 spiro atoms. The second kappa shape index (κ2) is 9.82. The zero-order chi connectivity index (χ0) is 21.7. The SMILES string of the molecule is C=CCn1c(SCC(=O)N[C@H]2CCCC[C@H]2C)nnc1-c1ccc(C(C)(C)C)cc1. The summed E-state index contributed by atoms with van der Waals surface area (Å²) in [6, 6.07) is 8.78. The van der Waals surface area contributed by atoms with Crippen molar-refractivity contribution in [2.75, 3.05) is 5.75 Å². The van der Waals surface area contributed by atoms with Crippen molar-refractivity contribution in [3.05, 3.63) is 42.5 Å². The van der Waals surface area contributed by atoms with E-state index in [1.54, 1.807) is 0 Å². The first-order valence-electron chi connectivity index (χ1n) is 10.9. The van der Waals surface area contributed by atoms with Crippen molar-refractivity contribution in [3.8, 4) is 11.4 Å². The quantitative estimate of drug-likeness (QED) is 0.487. The minimum atomic E-state index is 0.0722. The summed E-state index contributed by atoms with van der Waals surface area (Å²) in [5.74, 6) is 1.78. The van der Waals surface area contributed by atoms with Crippen LogP contribution in [0.4, 0.5) is 0 Å². The lowest BCUT2D eigenvalue weighted by Gasteiger charge is -2.29. The van der Waals surface area contributed by atoms with Crippen molar-refractivity contribution >= 4 is 17.7 Å². The smallest absolute Gasteiger partial charge is 0.230 e. The van der Waals surface area contributed by atoms with Gasteiger partial charge in [-0.25, -0.2) is 0 Å². The van der Waals surface area contributed by atoms with Crippen molar-refractivity contribution in [1.29, 1.82) is 0 Å². The van der Waals surface area contributed by atoms with Gasteiger partial charge in [0, 0.05) is 18.2 Å². The Morgan fingerprint density at radius 2 is 1.93 bits per heavy atom. The van der Waals surface area contributed by atoms with Crippen LogP contribution in [0.2, 0.25) is 0 Å². The van der Waals surface area contributed by atoms with Gasteiger partial charge in [-0.3, -0.25) is 9.36 Å². The molecule has 1 aromatic carbocycles. The predicted molar refractivity (Wildman–Crippen MR) is 125 cm³/mol. The fourth-order valence-corrected chi connectivity index (χ4v) is 4.69. The van der Waals surface area contributed by atoms with Crippen LogP contribution < -0.4 is 5.32 Å². The van der Waals surface area contributed by atoms with Gasteiger partial charge in [0.15, 0.2) is 11.0 Å². The molecule has 1 heterocycles. The second-order valence-corrected chi connectivity index (χ2v) is 10.2. The lowest BCUT2D eigenvalue weighted by Crippen LogP contribution is -2.41. The minimum absolute atomic E-state index is 0.0722. The van der Waals surface area contributed by atoms with Gasteiger partial charge < -0.3 is 5.32 Å². The summed E-state index contributed by atoms with van der Waals surface area (Å²) in [6.07, 6.45) is 6.59. The molecule has 1 fully saturated rings. The van der Waals surface area contributed by atoms with E-state index in [-0.39, 0.29) is 11.3 Å². The van der Waals surface area contributed by atoms with E-state index in [1.165, 1.54) is 36.6 Å². The maximum absolute atomic E-state index is 12.5. The molecule has 0 aliphatic heterocycles. The molecule has 1 N–H and O–H groups in total. The number of aromatic nitrogens is 3. The molecule has 0 radical (unpaired) electrons. The van der Waals surface area contributed by atoms with Crippen molar-refractivity contribution in [3.63, 3.8) is 0 Å². The highest BCUT2D eigenvalue weighted by Gasteiger charge is 2.23. The largest absolute Gasteiger partial charge is 0.352 e. The summed E-state index contributed by atoms with van der Waals surface area (Å²) in [6.45, 7) is 13.3. The molecule has 0 unspecified atom stereocenters. The van der Waals surface area contributed by atoms with E-state index in [9.17, 15) is 4.79 Å². The Bertz CT molecular complexity index is 866. The number of rotatable bonds is 7. The van der Waals surface area contributed by atoms with E-state index >= 15 is 0 Å². The Kier molecular flexibility index (Phi) is 7.40. The Labute approximate surface area is 184 Å². The van der Waals surface area contributed by atoms with Gasteiger partial charge in [0.1, 0.15) is 0 Å². The highest BCUT2D eigenvalue weighted by Crippen LogP contribution is 2.28. The van der Waals surface area contributed by atoms with Crippen molar-refractivity contribution < 1.29 is 4.79 Å². The van der Waals surface area contributed by atoms with Crippen LogP contribution in [0.25, 0.3) is 11.4 Å². The van der Waals surface area contributed by atoms with Gasteiger partial charge in [0.05, 0.1) is 5.75 Å². The highest BCUT2D eigenvalue weighted by atomic mass is 32.2. The highest BCUT2D eigenvalue weighted by molar-refractivity contribution is 7.99. The van der Waals surface area contributed by atoms with Crippen LogP contribution in [0.5, 0.6) is 0 Å². The third kappa shape index (κ3) is 5.54. The number of amides is 1. The zero-order valence-corrected chi connectivity index (χ0v) is 19.5. The van der Waals surface area contributed by atoms with E-state index in [1.807, 2.05) is 10.6 Å². The van der Waals surface area contributed by atoms with Crippen LogP contribution in [0.3, 0.4) is 0 Å². The molecule has 2 atom stereocenters. The number of benzene rings is 1. The molecule has 1 amide bonds. The standard InChI is InChI=1S/C24H34N4OS/c1-6-15-28-22(18-11-13-19(14-12-18)24(3,4)5)26-27-23(28)30-16-21(29)25-20-10-8-7-9-17(20)2/h6,11-14,17,20H,1,7-10,15-16H2,2-5H3,(H,25,29)/t17-,20+/m1/s1. The first kappa shape index (κ1) is 22.6. The lowest BCUT2D eigenvalue weighted by molar-refractivity contribution is -0.119. The van der Waals surface area contributed by atoms with Crippen LogP contribution in [0, 0.1) is 5.92 Å². The fourth-order valence-electron chi connectivity index (χ4n) is 3.93. The Hall–Kier alpha value is -2.08. The fraction of sp³-hybridized carbons (Fsp3) is 0.542. The van der Waals surface area contributed by atoms with Crippen LogP contribution in [-0.4, -0.2) is 32.5 Å². The van der Waals surface area contributed by atoms with Crippen LogP contribution in [0.15, 0.2) is 42.1 Å². The van der Waals surface area contributed by atoms with Crippen LogP contribution in [0.1, 0.15) is 58.9 Å². The Balaban J connectivity index is 1.69. The first-order chi connectivity index (χ1) is 14.3. The van der Waals surface area contributed by atoms with Crippen molar-refractivity contribution in [2.45, 2.75) is 76.5 Å². The van der Waals surface area contributed by atoms with Gasteiger partial charge in [-0.2, -0.15) is 0 Å². The Morgan fingerprint density at radius 1 is 1.23 bits per heavy atom. The van der Waals surface area contributed by atoms with Gasteiger partial charge in [-0.15, -0.1) is 16.8 Å². The van der Waals surface area contributed by atoms with Gasteiger partial charge in [0.2, 0.25) is 5.91 Å². The normalized spacial score (nSPS) is 19.5. The van der Waals surface area contributed by atoms with Crippen molar-refractivity contribution in [2.24, 2.45) is 5.92 Å². The Morgan fingerprint density at radius 3 is 2.57 bits per heavy atom. The topological polar surface area (TPSA) is 59.8 Å². The molecule has 30 heavy (non-hydrogen) atoms. The first-order valence-corrected chi connectivity index (χ1v) is 11.9. The average Bonchev–Trinajstić information content (AvgIpc) is 3.10. The molecular formula is C24H34N4OS. The number of nitrogens with zero attached hydrogens (tertiary/aromatic N) is 3. The maximum atomic E-state index is 12.5. The van der Waals surface area contributed by atoms with Crippen LogP contribution >= 0.6 is 11.8 Å². The molecule has 1 aliphatic rings. The zero-order valence-electron chi connectivity index (χ0n) is 18.6. The molecule has 2 aromatic rings. The molecule has 3 rings (SSSR count). The number of carbonyl (C=O) groups is 1. The monoisotopic (exact) mass is 426 g/mol. The molecular weight excluding hydrogens is 392 g/mol. The molecule has 6 heteroatoms. The van der Waals surface area contributed by atoms with E-state index < -0.39 is 0 Å². The molecule has 0 saturated heterocycles. The molecule has 1 aromatic heterocycles. The predicted octanol–water partition coefficient (Wildman–Crippen LogP) is 5.22. The van der Waals surface area contributed by atoms with Crippen LogP contribution in [-0.2, 0) is 16.8 Å². The molecule has 5 nitrogen and oxygen atoms in total. The molecule has 162 valence electrons. The number of allylic oxidation sites excluding steroid dienone is 1. The summed E-state index contributed by atoms with van der Waals surface area (Å²) in [5, 5.41) is 12.7. The number of carbonyl (C=O) groups excluding carboxylic acids is 1. The minimum Gasteiger partial charge on any atom is -0.352 e. The maximum Gasteiger partial charge on any atom is 0.230 e. The molecule has 1 aliphatic carbocycles. The molecule has 0 bridgehead atoms. The summed E-state index contributed by atoms with van der Waals surface area (Å²) in [7, 11) is 0. The summed E-state index contributed by atoms with van der Waals surface area (Å²) in [5.41, 5.74) is 2.41. The number of hydrogen-bond donors (Lipinski definition) is 1. The van der Waals surface area contributed by atoms with Gasteiger partial charge in [-0.1, -0.05) is 82.6 Å².